The number of nitrogens with zero attached hydrogens (tertiary/aromatic N) is 3. The van der Waals surface area contributed by atoms with Crippen molar-refractivity contribution in [3.05, 3.63) is 60.2 Å². The number of aryl methyl sites for hydroxylation is 1. The number of benzene rings is 2. The molecule has 0 aliphatic rings. The first kappa shape index (κ1) is 15.9. The second-order valence-corrected chi connectivity index (χ2v) is 5.97. The molecule has 0 saturated heterocycles. The predicted molar refractivity (Wildman–Crippen MR) is 98.5 cm³/mol. The van der Waals surface area contributed by atoms with Crippen LogP contribution in [0.4, 0.5) is 17.6 Å². The maximum Gasteiger partial charge on any atom is 0.232 e. The molecular weight excluding hydrogens is 298 g/mol. The van der Waals surface area contributed by atoms with Crippen molar-refractivity contribution in [1.82, 2.24) is 15.0 Å². The van der Waals surface area contributed by atoms with E-state index in [0.29, 0.717) is 17.7 Å². The Balaban J connectivity index is 1.98. The third kappa shape index (κ3) is 4.07. The highest BCUT2D eigenvalue weighted by atomic mass is 15.2. The molecule has 3 aromatic rings. The van der Waals surface area contributed by atoms with Crippen LogP contribution in [0.3, 0.4) is 0 Å². The summed E-state index contributed by atoms with van der Waals surface area (Å²) in [6.45, 7) is 6.17. The van der Waals surface area contributed by atoms with Gasteiger partial charge < -0.3 is 10.6 Å². The molecule has 2 aromatic carbocycles. The van der Waals surface area contributed by atoms with Gasteiger partial charge in [-0.05, 0) is 38.5 Å². The summed E-state index contributed by atoms with van der Waals surface area (Å²) >= 11 is 0. The van der Waals surface area contributed by atoms with E-state index in [1.54, 1.807) is 0 Å². The Kier molecular flexibility index (Phi) is 4.70. The summed E-state index contributed by atoms with van der Waals surface area (Å²) in [4.78, 5) is 13.6. The number of nitrogens with one attached hydrogen (secondary N) is 2. The first-order valence-electron chi connectivity index (χ1n) is 8.02. The third-order valence-electron chi connectivity index (χ3n) is 3.36. The molecule has 0 amide bonds. The first-order chi connectivity index (χ1) is 11.6. The molecule has 24 heavy (non-hydrogen) atoms. The van der Waals surface area contributed by atoms with Crippen LogP contribution in [0.25, 0.3) is 11.4 Å². The molecule has 0 atom stereocenters. The van der Waals surface area contributed by atoms with Crippen molar-refractivity contribution in [1.29, 1.82) is 0 Å². The summed E-state index contributed by atoms with van der Waals surface area (Å²) in [5.74, 6) is 1.73. The Morgan fingerprint density at radius 2 is 1.58 bits per heavy atom. The Bertz CT molecular complexity index is 815. The molecule has 0 aliphatic heterocycles. The van der Waals surface area contributed by atoms with E-state index in [2.05, 4.69) is 58.5 Å². The van der Waals surface area contributed by atoms with E-state index in [1.165, 1.54) is 5.56 Å². The van der Waals surface area contributed by atoms with Gasteiger partial charge in [0.1, 0.15) is 0 Å². The molecule has 5 heteroatoms. The van der Waals surface area contributed by atoms with Gasteiger partial charge in [-0.2, -0.15) is 15.0 Å². The van der Waals surface area contributed by atoms with Gasteiger partial charge in [-0.1, -0.05) is 42.5 Å². The summed E-state index contributed by atoms with van der Waals surface area (Å²) in [6.07, 6.45) is 0. The van der Waals surface area contributed by atoms with Gasteiger partial charge in [0.2, 0.25) is 11.9 Å². The fourth-order valence-corrected chi connectivity index (χ4v) is 2.32. The number of hydrogen-bond donors (Lipinski definition) is 2. The van der Waals surface area contributed by atoms with Crippen LogP contribution in [0.2, 0.25) is 0 Å². The highest BCUT2D eigenvalue weighted by Crippen LogP contribution is 2.20. The summed E-state index contributed by atoms with van der Waals surface area (Å²) in [5.41, 5.74) is 3.09. The molecule has 1 heterocycles. The van der Waals surface area contributed by atoms with Crippen molar-refractivity contribution in [2.45, 2.75) is 26.8 Å². The number of aromatic nitrogens is 3. The maximum absolute atomic E-state index is 4.56. The van der Waals surface area contributed by atoms with E-state index in [4.69, 9.17) is 0 Å². The Hall–Kier alpha value is -2.95. The largest absolute Gasteiger partial charge is 0.352 e. The molecule has 5 nitrogen and oxygen atoms in total. The quantitative estimate of drug-likeness (QED) is 0.729. The molecule has 0 radical (unpaired) electrons. The Morgan fingerprint density at radius 1 is 0.833 bits per heavy atom. The topological polar surface area (TPSA) is 62.7 Å². The van der Waals surface area contributed by atoms with Gasteiger partial charge in [-0.15, -0.1) is 0 Å². The third-order valence-corrected chi connectivity index (χ3v) is 3.36. The molecule has 0 bridgehead atoms. The summed E-state index contributed by atoms with van der Waals surface area (Å²) < 4.78 is 0. The molecule has 0 saturated carbocycles. The molecule has 3 rings (SSSR count). The second-order valence-electron chi connectivity index (χ2n) is 5.97. The van der Waals surface area contributed by atoms with Gasteiger partial charge in [-0.25, -0.2) is 0 Å². The van der Waals surface area contributed by atoms with Crippen LogP contribution in [0.1, 0.15) is 19.4 Å². The zero-order valence-corrected chi connectivity index (χ0v) is 14.1. The molecule has 1 aromatic heterocycles. The minimum Gasteiger partial charge on any atom is -0.352 e. The Labute approximate surface area is 142 Å². The Morgan fingerprint density at radius 3 is 2.29 bits per heavy atom. The smallest absolute Gasteiger partial charge is 0.232 e. The highest BCUT2D eigenvalue weighted by molar-refractivity contribution is 5.61. The molecular formula is C19H21N5. The van der Waals surface area contributed by atoms with E-state index in [0.717, 1.165) is 11.3 Å². The van der Waals surface area contributed by atoms with Crippen LogP contribution in [0, 0.1) is 6.92 Å². The normalized spacial score (nSPS) is 10.7. The van der Waals surface area contributed by atoms with Crippen LogP contribution in [-0.2, 0) is 0 Å². The zero-order chi connectivity index (χ0) is 16.9. The van der Waals surface area contributed by atoms with Crippen molar-refractivity contribution < 1.29 is 0 Å². The van der Waals surface area contributed by atoms with Gasteiger partial charge in [0.25, 0.3) is 0 Å². The molecule has 2 N–H and O–H groups in total. The molecule has 0 spiro atoms. The van der Waals surface area contributed by atoms with Gasteiger partial charge in [0, 0.05) is 17.3 Å². The standard InChI is InChI=1S/C19H21N5/c1-13(2)20-18-22-17(15-9-5-4-6-10-15)23-19(24-18)21-16-11-7-8-14(3)12-16/h4-13H,1-3H3,(H2,20,21,22,23,24). The van der Waals surface area contributed by atoms with Crippen LogP contribution in [0.5, 0.6) is 0 Å². The SMILES string of the molecule is Cc1cccc(Nc2nc(NC(C)C)nc(-c3ccccc3)n2)c1. The van der Waals surface area contributed by atoms with E-state index in [1.807, 2.05) is 42.5 Å². The van der Waals surface area contributed by atoms with Crippen molar-refractivity contribution in [3.63, 3.8) is 0 Å². The van der Waals surface area contributed by atoms with Gasteiger partial charge in [-0.3, -0.25) is 0 Å². The van der Waals surface area contributed by atoms with Crippen molar-refractivity contribution in [3.8, 4) is 11.4 Å². The summed E-state index contributed by atoms with van der Waals surface area (Å²) in [6, 6.07) is 18.3. The predicted octanol–water partition coefficient (Wildman–Crippen LogP) is 4.41. The van der Waals surface area contributed by atoms with Gasteiger partial charge in [0.05, 0.1) is 0 Å². The number of rotatable bonds is 5. The van der Waals surface area contributed by atoms with Gasteiger partial charge >= 0.3 is 0 Å². The van der Waals surface area contributed by atoms with Crippen molar-refractivity contribution in [2.75, 3.05) is 10.6 Å². The second kappa shape index (κ2) is 7.08. The minimum atomic E-state index is 0.239. The lowest BCUT2D eigenvalue weighted by molar-refractivity contribution is 0.869. The number of anilines is 3. The lowest BCUT2D eigenvalue weighted by Crippen LogP contribution is -2.14. The fraction of sp³-hybridized carbons (Fsp3) is 0.211. The van der Waals surface area contributed by atoms with E-state index >= 15 is 0 Å². The van der Waals surface area contributed by atoms with Crippen molar-refractivity contribution in [2.24, 2.45) is 0 Å². The maximum atomic E-state index is 4.56. The summed E-state index contributed by atoms with van der Waals surface area (Å²) in [5, 5.41) is 6.52. The molecule has 0 unspecified atom stereocenters. The first-order valence-corrected chi connectivity index (χ1v) is 8.02. The monoisotopic (exact) mass is 319 g/mol. The van der Waals surface area contributed by atoms with Gasteiger partial charge in [0.15, 0.2) is 5.82 Å². The van der Waals surface area contributed by atoms with Crippen LogP contribution in [-0.4, -0.2) is 21.0 Å². The van der Waals surface area contributed by atoms with E-state index in [-0.39, 0.29) is 6.04 Å². The molecule has 122 valence electrons. The van der Waals surface area contributed by atoms with Crippen LogP contribution < -0.4 is 10.6 Å². The highest BCUT2D eigenvalue weighted by Gasteiger charge is 2.09. The average molecular weight is 319 g/mol. The van der Waals surface area contributed by atoms with Crippen LogP contribution >= 0.6 is 0 Å². The van der Waals surface area contributed by atoms with Crippen molar-refractivity contribution >= 4 is 17.6 Å². The lowest BCUT2D eigenvalue weighted by atomic mass is 10.2. The number of hydrogen-bond acceptors (Lipinski definition) is 5. The minimum absolute atomic E-state index is 0.239. The van der Waals surface area contributed by atoms with E-state index in [9.17, 15) is 0 Å². The van der Waals surface area contributed by atoms with E-state index < -0.39 is 0 Å². The lowest BCUT2D eigenvalue weighted by Gasteiger charge is -2.12. The molecule has 0 fully saturated rings. The van der Waals surface area contributed by atoms with Crippen LogP contribution in [0.15, 0.2) is 54.6 Å². The zero-order valence-electron chi connectivity index (χ0n) is 14.1. The fourth-order valence-electron chi connectivity index (χ4n) is 2.32. The average Bonchev–Trinajstić information content (AvgIpc) is 2.55. The summed E-state index contributed by atoms with van der Waals surface area (Å²) in [7, 11) is 0. The molecule has 0 aliphatic carbocycles.